The molecule has 0 amide bonds. The van der Waals surface area contributed by atoms with Crippen LogP contribution in [0.5, 0.6) is 0 Å². The number of thioether (sulfide) groups is 1. The number of aliphatic carboxylic acids is 1. The molecule has 0 saturated heterocycles. The zero-order valence-corrected chi connectivity index (χ0v) is 17.1. The van der Waals surface area contributed by atoms with Gasteiger partial charge >= 0.3 is 5.97 Å². The Morgan fingerprint density at radius 2 is 1.89 bits per heavy atom. The summed E-state index contributed by atoms with van der Waals surface area (Å²) in [6, 6.07) is 8.61. The number of nitrogens with zero attached hydrogens (tertiary/aromatic N) is 4. The fourth-order valence-electron chi connectivity index (χ4n) is 3.17. The maximum Gasteiger partial charge on any atom is 0.303 e. The van der Waals surface area contributed by atoms with Gasteiger partial charge in [-0.25, -0.2) is 0 Å². The first kappa shape index (κ1) is 19.9. The molecule has 6 nitrogen and oxygen atoms in total. The van der Waals surface area contributed by atoms with Crippen molar-refractivity contribution in [3.8, 4) is 11.4 Å². The minimum absolute atomic E-state index is 0.135. The molecule has 0 unspecified atom stereocenters. The van der Waals surface area contributed by atoms with Crippen molar-refractivity contribution in [3.63, 3.8) is 0 Å². The van der Waals surface area contributed by atoms with Crippen LogP contribution in [0, 0.1) is 0 Å². The highest BCUT2D eigenvalue weighted by atomic mass is 32.2. The van der Waals surface area contributed by atoms with Gasteiger partial charge in [0, 0.05) is 18.5 Å². The van der Waals surface area contributed by atoms with E-state index in [-0.39, 0.29) is 11.8 Å². The van der Waals surface area contributed by atoms with Crippen molar-refractivity contribution >= 4 is 17.7 Å². The fraction of sp³-hybridized carbons (Fsp3) is 0.550. The first-order valence-electron chi connectivity index (χ1n) is 9.45. The summed E-state index contributed by atoms with van der Waals surface area (Å²) in [5.41, 5.74) is 2.53. The van der Waals surface area contributed by atoms with Crippen molar-refractivity contribution in [1.82, 2.24) is 19.7 Å². The summed E-state index contributed by atoms with van der Waals surface area (Å²) >= 11 is 1.71. The van der Waals surface area contributed by atoms with E-state index < -0.39 is 5.97 Å². The van der Waals surface area contributed by atoms with Gasteiger partial charge in [0.2, 0.25) is 0 Å². The molecule has 1 aliphatic rings. The van der Waals surface area contributed by atoms with E-state index in [2.05, 4.69) is 64.7 Å². The number of hydrogen-bond acceptors (Lipinski definition) is 5. The molecule has 0 atom stereocenters. The smallest absolute Gasteiger partial charge is 0.303 e. The summed E-state index contributed by atoms with van der Waals surface area (Å²) in [4.78, 5) is 13.0. The van der Waals surface area contributed by atoms with E-state index in [9.17, 15) is 4.79 Å². The normalized spacial score (nSPS) is 14.9. The van der Waals surface area contributed by atoms with Gasteiger partial charge < -0.3 is 5.11 Å². The summed E-state index contributed by atoms with van der Waals surface area (Å²) in [6.45, 7) is 8.39. The summed E-state index contributed by atoms with van der Waals surface area (Å²) in [5, 5.41) is 18.5. The van der Waals surface area contributed by atoms with Gasteiger partial charge in [-0.1, -0.05) is 63.2 Å². The van der Waals surface area contributed by atoms with Gasteiger partial charge in [0.05, 0.1) is 12.5 Å². The topological polar surface area (TPSA) is 71.2 Å². The molecule has 0 aliphatic carbocycles. The molecular weight excluding hydrogens is 360 g/mol. The highest BCUT2D eigenvalue weighted by molar-refractivity contribution is 7.99. The summed E-state index contributed by atoms with van der Waals surface area (Å²) in [5.74, 6) is 1.10. The lowest BCUT2D eigenvalue weighted by atomic mass is 9.87. The Hall–Kier alpha value is -1.86. The number of fused-ring (bicyclic) bond motifs is 1. The van der Waals surface area contributed by atoms with E-state index in [1.165, 1.54) is 5.56 Å². The van der Waals surface area contributed by atoms with Gasteiger partial charge in [-0.15, -0.1) is 10.2 Å². The summed E-state index contributed by atoms with van der Waals surface area (Å²) in [7, 11) is 0. The Morgan fingerprint density at radius 1 is 1.15 bits per heavy atom. The molecule has 0 radical (unpaired) electrons. The zero-order valence-electron chi connectivity index (χ0n) is 16.3. The lowest BCUT2D eigenvalue weighted by Crippen LogP contribution is -2.31. The number of carboxylic acids is 1. The number of aromatic nitrogens is 3. The number of hydrogen-bond donors (Lipinski definition) is 1. The molecule has 1 N–H and O–H groups in total. The van der Waals surface area contributed by atoms with Crippen molar-refractivity contribution in [3.05, 3.63) is 29.8 Å². The maximum atomic E-state index is 10.6. The Labute approximate surface area is 165 Å². The maximum absolute atomic E-state index is 10.6. The van der Waals surface area contributed by atoms with Crippen LogP contribution in [-0.2, 0) is 16.9 Å². The molecule has 27 heavy (non-hydrogen) atoms. The van der Waals surface area contributed by atoms with Crippen molar-refractivity contribution in [1.29, 1.82) is 0 Å². The molecule has 0 bridgehead atoms. The van der Waals surface area contributed by atoms with Crippen molar-refractivity contribution in [2.24, 2.45) is 0 Å². The van der Waals surface area contributed by atoms with E-state index in [0.29, 0.717) is 0 Å². The first-order chi connectivity index (χ1) is 12.8. The first-order valence-corrected chi connectivity index (χ1v) is 10.4. The fourth-order valence-corrected chi connectivity index (χ4v) is 4.08. The minimum atomic E-state index is -0.709. The molecule has 0 saturated carbocycles. The summed E-state index contributed by atoms with van der Waals surface area (Å²) < 4.78 is 2.18. The number of carboxylic acid groups (broad SMARTS) is 1. The average Bonchev–Trinajstić information content (AvgIpc) is 3.04. The molecular formula is C20H28N4O2S. The van der Waals surface area contributed by atoms with Gasteiger partial charge in [-0.05, 0) is 23.8 Å². The number of benzene rings is 1. The van der Waals surface area contributed by atoms with Crippen LogP contribution in [0.1, 0.15) is 52.0 Å². The second-order valence-electron chi connectivity index (χ2n) is 8.08. The monoisotopic (exact) mass is 388 g/mol. The molecule has 2 aromatic rings. The van der Waals surface area contributed by atoms with Crippen LogP contribution in [0.3, 0.4) is 0 Å². The predicted octanol–water partition coefficient (Wildman–Crippen LogP) is 4.21. The number of unbranched alkanes of at least 4 members (excludes halogenated alkanes) is 2. The Bertz CT molecular complexity index is 780. The van der Waals surface area contributed by atoms with Gasteiger partial charge in [0.25, 0.3) is 0 Å². The lowest BCUT2D eigenvalue weighted by molar-refractivity contribution is -0.137. The van der Waals surface area contributed by atoms with Gasteiger partial charge in [0.15, 0.2) is 11.0 Å². The quantitative estimate of drug-likeness (QED) is 0.717. The van der Waals surface area contributed by atoms with E-state index in [0.717, 1.165) is 54.9 Å². The van der Waals surface area contributed by atoms with Gasteiger partial charge in [-0.2, -0.15) is 0 Å². The van der Waals surface area contributed by atoms with Crippen LogP contribution >= 0.6 is 11.8 Å². The molecule has 0 fully saturated rings. The van der Waals surface area contributed by atoms with Gasteiger partial charge in [0.1, 0.15) is 0 Å². The highest BCUT2D eigenvalue weighted by Crippen LogP contribution is 2.30. The molecule has 1 aromatic heterocycles. The molecule has 1 aromatic carbocycles. The Balaban J connectivity index is 1.63. The molecule has 1 aliphatic heterocycles. The van der Waals surface area contributed by atoms with Crippen LogP contribution in [0.15, 0.2) is 29.4 Å². The molecule has 146 valence electrons. The second kappa shape index (κ2) is 8.44. The molecule has 7 heteroatoms. The third-order valence-corrected chi connectivity index (χ3v) is 5.86. The molecule has 3 rings (SSSR count). The van der Waals surface area contributed by atoms with Crippen molar-refractivity contribution in [2.45, 2.75) is 63.7 Å². The third kappa shape index (κ3) is 5.11. The predicted molar refractivity (Wildman–Crippen MR) is 108 cm³/mol. The van der Waals surface area contributed by atoms with Crippen LogP contribution < -0.4 is 0 Å². The van der Waals surface area contributed by atoms with E-state index >= 15 is 0 Å². The van der Waals surface area contributed by atoms with E-state index in [1.807, 2.05) is 0 Å². The Morgan fingerprint density at radius 3 is 2.56 bits per heavy atom. The second-order valence-corrected chi connectivity index (χ2v) is 8.99. The van der Waals surface area contributed by atoms with Crippen LogP contribution in [0.2, 0.25) is 0 Å². The zero-order chi connectivity index (χ0) is 19.4. The largest absolute Gasteiger partial charge is 0.481 e. The highest BCUT2D eigenvalue weighted by Gasteiger charge is 2.22. The molecule has 0 spiro atoms. The van der Waals surface area contributed by atoms with Crippen LogP contribution in [0.4, 0.5) is 0 Å². The van der Waals surface area contributed by atoms with Crippen molar-refractivity contribution < 1.29 is 9.90 Å². The SMILES string of the molecule is CC(C)(C)c1ccc(-c2nnc3n2CN(CCCCCC(=O)O)CS3)cc1. The van der Waals surface area contributed by atoms with Crippen LogP contribution in [-0.4, -0.2) is 43.2 Å². The van der Waals surface area contributed by atoms with Gasteiger partial charge in [-0.3, -0.25) is 14.3 Å². The lowest BCUT2D eigenvalue weighted by Gasteiger charge is -2.27. The minimum Gasteiger partial charge on any atom is -0.481 e. The Kier molecular flexibility index (Phi) is 6.22. The molecule has 2 heterocycles. The number of rotatable bonds is 7. The number of carbonyl (C=O) groups is 1. The summed E-state index contributed by atoms with van der Waals surface area (Å²) in [6.07, 6.45) is 2.98. The van der Waals surface area contributed by atoms with E-state index in [4.69, 9.17) is 5.11 Å². The average molecular weight is 389 g/mol. The van der Waals surface area contributed by atoms with Crippen LogP contribution in [0.25, 0.3) is 11.4 Å². The third-order valence-electron chi connectivity index (χ3n) is 4.81. The van der Waals surface area contributed by atoms with E-state index in [1.54, 1.807) is 11.8 Å². The standard InChI is InChI=1S/C20H28N4O2S/c1-20(2,3)16-10-8-15(9-11-16)18-21-22-19-24(18)13-23(14-27-19)12-6-4-5-7-17(25)26/h8-11H,4-7,12-14H2,1-3H3,(H,25,26). The van der Waals surface area contributed by atoms with Crippen molar-refractivity contribution in [2.75, 3.05) is 12.4 Å².